The van der Waals surface area contributed by atoms with Gasteiger partial charge in [0.2, 0.25) is 0 Å². The number of aryl methyl sites for hydroxylation is 1. The number of fused-ring (bicyclic) bond motifs is 1. The van der Waals surface area contributed by atoms with Crippen molar-refractivity contribution in [1.82, 2.24) is 19.7 Å². The minimum Gasteiger partial charge on any atom is -0.276 e. The van der Waals surface area contributed by atoms with E-state index < -0.39 is 0 Å². The van der Waals surface area contributed by atoms with Gasteiger partial charge in [-0.2, -0.15) is 5.10 Å². The van der Waals surface area contributed by atoms with Crippen molar-refractivity contribution in [3.63, 3.8) is 0 Å². The SMILES string of the molecule is Cn1ccc(C(=O)N(Cc2ccccn2)c2nc3ccc(Cl)cc3s2)n1. The monoisotopic (exact) mass is 383 g/mol. The largest absolute Gasteiger partial charge is 0.280 e. The predicted molar refractivity (Wildman–Crippen MR) is 103 cm³/mol. The fourth-order valence-electron chi connectivity index (χ4n) is 2.55. The Morgan fingerprint density at radius 1 is 1.27 bits per heavy atom. The molecule has 0 aliphatic carbocycles. The Morgan fingerprint density at radius 2 is 2.15 bits per heavy atom. The number of aromatic nitrogens is 4. The van der Waals surface area contributed by atoms with Crippen LogP contribution in [0.25, 0.3) is 10.2 Å². The van der Waals surface area contributed by atoms with Gasteiger partial charge in [-0.15, -0.1) is 0 Å². The Kier molecular flexibility index (Phi) is 4.40. The van der Waals surface area contributed by atoms with Crippen molar-refractivity contribution in [2.45, 2.75) is 6.54 Å². The lowest BCUT2D eigenvalue weighted by Gasteiger charge is -2.18. The number of amides is 1. The molecule has 0 saturated carbocycles. The number of carbonyl (C=O) groups is 1. The number of anilines is 1. The summed E-state index contributed by atoms with van der Waals surface area (Å²) in [5.41, 5.74) is 1.93. The summed E-state index contributed by atoms with van der Waals surface area (Å²) in [5.74, 6) is -0.221. The molecule has 0 radical (unpaired) electrons. The zero-order valence-electron chi connectivity index (χ0n) is 13.8. The van der Waals surface area contributed by atoms with Gasteiger partial charge in [-0.25, -0.2) is 4.98 Å². The molecule has 0 atom stereocenters. The molecule has 26 heavy (non-hydrogen) atoms. The van der Waals surface area contributed by atoms with E-state index in [0.29, 0.717) is 22.4 Å². The summed E-state index contributed by atoms with van der Waals surface area (Å²) in [4.78, 5) is 23.6. The quantitative estimate of drug-likeness (QED) is 0.535. The number of carbonyl (C=O) groups excluding carboxylic acids is 1. The lowest BCUT2D eigenvalue weighted by Crippen LogP contribution is -2.31. The Labute approximate surface area is 158 Å². The fourth-order valence-corrected chi connectivity index (χ4v) is 3.79. The first-order valence-corrected chi connectivity index (χ1v) is 9.07. The molecule has 4 rings (SSSR count). The van der Waals surface area contributed by atoms with Crippen LogP contribution in [0.2, 0.25) is 5.02 Å². The van der Waals surface area contributed by atoms with E-state index in [1.807, 2.05) is 30.3 Å². The summed E-state index contributed by atoms with van der Waals surface area (Å²) in [7, 11) is 1.78. The van der Waals surface area contributed by atoms with Gasteiger partial charge < -0.3 is 0 Å². The molecule has 0 saturated heterocycles. The zero-order valence-corrected chi connectivity index (χ0v) is 15.4. The molecule has 0 aliphatic heterocycles. The molecule has 0 aliphatic rings. The van der Waals surface area contributed by atoms with Gasteiger partial charge >= 0.3 is 0 Å². The van der Waals surface area contributed by atoms with Crippen molar-refractivity contribution in [1.29, 1.82) is 0 Å². The highest BCUT2D eigenvalue weighted by Crippen LogP contribution is 2.32. The molecule has 1 aromatic carbocycles. The maximum Gasteiger partial charge on any atom is 0.280 e. The van der Waals surface area contributed by atoms with Crippen LogP contribution in [0.5, 0.6) is 0 Å². The third kappa shape index (κ3) is 3.31. The molecular weight excluding hydrogens is 370 g/mol. The maximum atomic E-state index is 13.1. The van der Waals surface area contributed by atoms with Crippen LogP contribution in [0.1, 0.15) is 16.2 Å². The molecule has 4 aromatic rings. The van der Waals surface area contributed by atoms with E-state index in [1.165, 1.54) is 11.3 Å². The second-order valence-corrected chi connectivity index (χ2v) is 7.14. The second kappa shape index (κ2) is 6.86. The van der Waals surface area contributed by atoms with Crippen LogP contribution >= 0.6 is 22.9 Å². The molecule has 6 nitrogen and oxygen atoms in total. The van der Waals surface area contributed by atoms with Gasteiger partial charge in [-0.05, 0) is 36.4 Å². The average Bonchev–Trinajstić information content (AvgIpc) is 3.25. The summed E-state index contributed by atoms with van der Waals surface area (Å²) in [5, 5.41) is 5.45. The maximum absolute atomic E-state index is 13.1. The molecular formula is C18H14ClN5OS. The van der Waals surface area contributed by atoms with Gasteiger partial charge in [-0.1, -0.05) is 29.0 Å². The van der Waals surface area contributed by atoms with Gasteiger partial charge in [0.1, 0.15) is 0 Å². The van der Waals surface area contributed by atoms with Gasteiger partial charge in [0.05, 0.1) is 22.5 Å². The van der Waals surface area contributed by atoms with Gasteiger partial charge in [-0.3, -0.25) is 19.4 Å². The van der Waals surface area contributed by atoms with Gasteiger partial charge in [0.25, 0.3) is 5.91 Å². The Morgan fingerprint density at radius 3 is 2.88 bits per heavy atom. The van der Waals surface area contributed by atoms with E-state index in [0.717, 1.165) is 15.9 Å². The lowest BCUT2D eigenvalue weighted by atomic mass is 10.3. The number of benzene rings is 1. The van der Waals surface area contributed by atoms with Crippen LogP contribution < -0.4 is 4.90 Å². The minimum atomic E-state index is -0.221. The topological polar surface area (TPSA) is 63.9 Å². The Balaban J connectivity index is 1.76. The van der Waals surface area contributed by atoms with Crippen molar-refractivity contribution < 1.29 is 4.79 Å². The number of thiazole rings is 1. The summed E-state index contributed by atoms with van der Waals surface area (Å²) < 4.78 is 2.52. The van der Waals surface area contributed by atoms with E-state index in [4.69, 9.17) is 11.6 Å². The highest BCUT2D eigenvalue weighted by atomic mass is 35.5. The molecule has 130 valence electrons. The fraction of sp³-hybridized carbons (Fsp3) is 0.111. The van der Waals surface area contributed by atoms with Crippen LogP contribution in [0, 0.1) is 0 Å². The van der Waals surface area contributed by atoms with Crippen LogP contribution in [0.15, 0.2) is 54.9 Å². The second-order valence-electron chi connectivity index (χ2n) is 5.70. The molecule has 1 amide bonds. The summed E-state index contributed by atoms with van der Waals surface area (Å²) in [6.07, 6.45) is 3.45. The Bertz CT molecular complexity index is 1080. The third-order valence-electron chi connectivity index (χ3n) is 3.79. The molecule has 0 N–H and O–H groups in total. The van der Waals surface area contributed by atoms with E-state index >= 15 is 0 Å². The number of rotatable bonds is 4. The highest BCUT2D eigenvalue weighted by Gasteiger charge is 2.24. The smallest absolute Gasteiger partial charge is 0.276 e. The van der Waals surface area contributed by atoms with Crippen molar-refractivity contribution in [3.8, 4) is 0 Å². The first-order chi connectivity index (χ1) is 12.6. The summed E-state index contributed by atoms with van der Waals surface area (Å²) in [6, 6.07) is 12.8. The van der Waals surface area contributed by atoms with Crippen LogP contribution in [-0.4, -0.2) is 25.7 Å². The first-order valence-electron chi connectivity index (χ1n) is 7.88. The first kappa shape index (κ1) is 16.7. The van der Waals surface area contributed by atoms with Crippen molar-refractivity contribution >= 4 is 44.2 Å². The number of nitrogens with zero attached hydrogens (tertiary/aromatic N) is 5. The summed E-state index contributed by atoms with van der Waals surface area (Å²) in [6.45, 7) is 0.309. The van der Waals surface area contributed by atoms with E-state index in [9.17, 15) is 4.79 Å². The van der Waals surface area contributed by atoms with Crippen molar-refractivity contribution in [2.24, 2.45) is 7.05 Å². The van der Waals surface area contributed by atoms with E-state index in [-0.39, 0.29) is 5.91 Å². The molecule has 0 fully saturated rings. The lowest BCUT2D eigenvalue weighted by molar-refractivity contribution is 0.0979. The number of hydrogen-bond acceptors (Lipinski definition) is 5. The zero-order chi connectivity index (χ0) is 18.1. The van der Waals surface area contributed by atoms with Crippen LogP contribution in [0.4, 0.5) is 5.13 Å². The van der Waals surface area contributed by atoms with Gasteiger partial charge in [0, 0.05) is 24.5 Å². The standard InChI is InChI=1S/C18H14ClN5OS/c1-23-9-7-15(22-23)17(25)24(11-13-4-2-3-8-20-13)18-21-14-6-5-12(19)10-16(14)26-18/h2-10H,11H2,1H3. The van der Waals surface area contributed by atoms with Crippen LogP contribution in [0.3, 0.4) is 0 Å². The van der Waals surface area contributed by atoms with Crippen molar-refractivity contribution in [2.75, 3.05) is 4.90 Å². The molecule has 0 unspecified atom stereocenters. The third-order valence-corrected chi connectivity index (χ3v) is 5.07. The Hall–Kier alpha value is -2.77. The molecule has 0 spiro atoms. The summed E-state index contributed by atoms with van der Waals surface area (Å²) >= 11 is 7.49. The number of halogens is 1. The van der Waals surface area contributed by atoms with E-state index in [2.05, 4.69) is 15.1 Å². The van der Waals surface area contributed by atoms with Crippen LogP contribution in [-0.2, 0) is 13.6 Å². The molecule has 0 bridgehead atoms. The average molecular weight is 384 g/mol. The van der Waals surface area contributed by atoms with Gasteiger partial charge in [0.15, 0.2) is 10.8 Å². The minimum absolute atomic E-state index is 0.221. The van der Waals surface area contributed by atoms with E-state index in [1.54, 1.807) is 41.2 Å². The molecule has 8 heteroatoms. The predicted octanol–water partition coefficient (Wildman–Crippen LogP) is 3.93. The van der Waals surface area contributed by atoms with Crippen molar-refractivity contribution in [3.05, 3.63) is 71.3 Å². The molecule has 3 heterocycles. The normalized spacial score (nSPS) is 11.0. The number of hydrogen-bond donors (Lipinski definition) is 0. The number of pyridine rings is 1. The highest BCUT2D eigenvalue weighted by molar-refractivity contribution is 7.22. The molecule has 3 aromatic heterocycles.